The molecule has 0 unspecified atom stereocenters. The van der Waals surface area contributed by atoms with E-state index >= 15 is 0 Å². The molecule has 0 heterocycles. The van der Waals surface area contributed by atoms with E-state index < -0.39 is 0 Å². The van der Waals surface area contributed by atoms with Crippen molar-refractivity contribution >= 4 is 5.71 Å². The highest BCUT2D eigenvalue weighted by molar-refractivity contribution is 6.01. The van der Waals surface area contributed by atoms with E-state index in [1.165, 1.54) is 0 Å². The van der Waals surface area contributed by atoms with Gasteiger partial charge < -0.3 is 0 Å². The van der Waals surface area contributed by atoms with Crippen molar-refractivity contribution in [3.05, 3.63) is 59.9 Å². The van der Waals surface area contributed by atoms with Crippen molar-refractivity contribution < 1.29 is 0 Å². The van der Waals surface area contributed by atoms with E-state index in [0.29, 0.717) is 0 Å². The minimum Gasteiger partial charge on any atom is -0.253 e. The maximum atomic E-state index is 4.58. The summed E-state index contributed by atoms with van der Waals surface area (Å²) in [7, 11) is 0. The molecule has 0 fully saturated rings. The Morgan fingerprint density at radius 1 is 1.06 bits per heavy atom. The summed E-state index contributed by atoms with van der Waals surface area (Å²) in [5.41, 5.74) is 4.98. The van der Waals surface area contributed by atoms with Gasteiger partial charge in [-0.25, -0.2) is 0 Å². The Hall–Kier alpha value is -1.63. The normalized spacial score (nSPS) is 14.3. The lowest BCUT2D eigenvalue weighted by Gasteiger charge is -2.05. The molecule has 17 heavy (non-hydrogen) atoms. The molecule has 0 aromatic carbocycles. The Balaban J connectivity index is 5.36. The third-order valence-corrected chi connectivity index (χ3v) is 2.16. The SMILES string of the molecule is C=C(C)/C=C(\C=C/C)C(/C)=N/C(=C\C)C(=C)C. The van der Waals surface area contributed by atoms with Crippen LogP contribution in [-0.2, 0) is 0 Å². The molecule has 0 aromatic heterocycles. The molecule has 0 aliphatic heterocycles. The van der Waals surface area contributed by atoms with Gasteiger partial charge in [-0.1, -0.05) is 43.0 Å². The van der Waals surface area contributed by atoms with Crippen LogP contribution in [0.1, 0.15) is 34.6 Å². The maximum Gasteiger partial charge on any atom is 0.0613 e. The summed E-state index contributed by atoms with van der Waals surface area (Å²) in [5, 5.41) is 0. The minimum atomic E-state index is 0.930. The van der Waals surface area contributed by atoms with Crippen LogP contribution in [0.5, 0.6) is 0 Å². The first-order valence-corrected chi connectivity index (χ1v) is 5.80. The molecule has 0 saturated carbocycles. The van der Waals surface area contributed by atoms with Gasteiger partial charge in [0.05, 0.1) is 5.70 Å². The van der Waals surface area contributed by atoms with Crippen molar-refractivity contribution in [1.82, 2.24) is 0 Å². The summed E-state index contributed by atoms with van der Waals surface area (Å²) in [4.78, 5) is 4.58. The van der Waals surface area contributed by atoms with Crippen LogP contribution in [0, 0.1) is 0 Å². The molecule has 0 N–H and O–H groups in total. The van der Waals surface area contributed by atoms with E-state index in [9.17, 15) is 0 Å². The second kappa shape index (κ2) is 7.61. The Labute approximate surface area is 106 Å². The third-order valence-electron chi connectivity index (χ3n) is 2.16. The van der Waals surface area contributed by atoms with Gasteiger partial charge in [-0.2, -0.15) is 0 Å². The molecule has 1 nitrogen and oxygen atoms in total. The van der Waals surface area contributed by atoms with E-state index in [1.54, 1.807) is 0 Å². The molecule has 0 aliphatic carbocycles. The fourth-order valence-electron chi connectivity index (χ4n) is 1.37. The van der Waals surface area contributed by atoms with E-state index in [4.69, 9.17) is 0 Å². The summed E-state index contributed by atoms with van der Waals surface area (Å²) in [6.07, 6.45) is 8.05. The minimum absolute atomic E-state index is 0.930. The molecule has 0 radical (unpaired) electrons. The number of hydrogen-bond acceptors (Lipinski definition) is 1. The molecular formula is C16H23N. The monoisotopic (exact) mass is 229 g/mol. The lowest BCUT2D eigenvalue weighted by molar-refractivity contribution is 1.27. The van der Waals surface area contributed by atoms with E-state index in [0.717, 1.165) is 28.1 Å². The molecule has 0 aromatic rings. The van der Waals surface area contributed by atoms with Crippen LogP contribution >= 0.6 is 0 Å². The van der Waals surface area contributed by atoms with Crippen LogP contribution in [0.15, 0.2) is 64.9 Å². The van der Waals surface area contributed by atoms with Crippen molar-refractivity contribution in [1.29, 1.82) is 0 Å². The molecule has 0 rings (SSSR count). The highest BCUT2D eigenvalue weighted by atomic mass is 14.8. The summed E-state index contributed by atoms with van der Waals surface area (Å²) >= 11 is 0. The average molecular weight is 229 g/mol. The first-order chi connectivity index (χ1) is 7.92. The lowest BCUT2D eigenvalue weighted by atomic mass is 10.1. The number of allylic oxidation sites excluding steroid dienone is 7. The van der Waals surface area contributed by atoms with Crippen LogP contribution in [0.4, 0.5) is 0 Å². The van der Waals surface area contributed by atoms with Crippen LogP contribution in [0.3, 0.4) is 0 Å². The van der Waals surface area contributed by atoms with Gasteiger partial charge in [-0.15, -0.1) is 0 Å². The number of rotatable bonds is 5. The van der Waals surface area contributed by atoms with E-state index in [1.807, 2.05) is 58.9 Å². The Morgan fingerprint density at radius 2 is 1.65 bits per heavy atom. The topological polar surface area (TPSA) is 12.4 Å². The first-order valence-electron chi connectivity index (χ1n) is 5.80. The second-order valence-electron chi connectivity index (χ2n) is 4.10. The van der Waals surface area contributed by atoms with Crippen molar-refractivity contribution in [3.63, 3.8) is 0 Å². The highest BCUT2D eigenvalue weighted by Crippen LogP contribution is 2.12. The van der Waals surface area contributed by atoms with Gasteiger partial charge in [0.2, 0.25) is 0 Å². The Bertz CT molecular complexity index is 415. The van der Waals surface area contributed by atoms with Gasteiger partial charge in [-0.05, 0) is 45.8 Å². The molecule has 1 heteroatoms. The molecule has 0 aliphatic rings. The predicted octanol–water partition coefficient (Wildman–Crippen LogP) is 5.01. The molecule has 0 bridgehead atoms. The van der Waals surface area contributed by atoms with Crippen LogP contribution in [0.25, 0.3) is 0 Å². The highest BCUT2D eigenvalue weighted by Gasteiger charge is 2.00. The standard InChI is InChI=1S/C16H23N/c1-8-10-15(11-12(3)4)14(7)17-16(9-2)13(5)6/h8-11H,3,5H2,1-2,4,6-7H3/b10-8-,15-11+,16-9-,17-14+. The third kappa shape index (κ3) is 5.86. The first kappa shape index (κ1) is 15.4. The molecular weight excluding hydrogens is 206 g/mol. The van der Waals surface area contributed by atoms with Crippen LogP contribution in [-0.4, -0.2) is 5.71 Å². The predicted molar refractivity (Wildman–Crippen MR) is 79.4 cm³/mol. The fourth-order valence-corrected chi connectivity index (χ4v) is 1.37. The van der Waals surface area contributed by atoms with Crippen LogP contribution in [0.2, 0.25) is 0 Å². The van der Waals surface area contributed by atoms with Gasteiger partial charge in [0.25, 0.3) is 0 Å². The summed E-state index contributed by atoms with van der Waals surface area (Å²) < 4.78 is 0. The second-order valence-corrected chi connectivity index (χ2v) is 4.10. The van der Waals surface area contributed by atoms with Gasteiger partial charge in [0.15, 0.2) is 0 Å². The summed E-state index contributed by atoms with van der Waals surface area (Å²) in [6, 6.07) is 0. The van der Waals surface area contributed by atoms with Crippen molar-refractivity contribution in [2.75, 3.05) is 0 Å². The largest absolute Gasteiger partial charge is 0.253 e. The zero-order chi connectivity index (χ0) is 13.4. The molecule has 0 saturated heterocycles. The Kier molecular flexibility index (Phi) is 6.88. The number of aliphatic imine (C=N–C) groups is 1. The van der Waals surface area contributed by atoms with Gasteiger partial charge in [0, 0.05) is 5.71 Å². The van der Waals surface area contributed by atoms with Gasteiger partial charge >= 0.3 is 0 Å². The van der Waals surface area contributed by atoms with Gasteiger partial charge in [0.1, 0.15) is 0 Å². The maximum absolute atomic E-state index is 4.58. The molecule has 0 spiro atoms. The smallest absolute Gasteiger partial charge is 0.0613 e. The Morgan fingerprint density at radius 3 is 2.00 bits per heavy atom. The fraction of sp³-hybridized carbons (Fsp3) is 0.312. The quantitative estimate of drug-likeness (QED) is 0.464. The average Bonchev–Trinajstić information content (AvgIpc) is 2.23. The summed E-state index contributed by atoms with van der Waals surface area (Å²) in [6.45, 7) is 17.7. The number of hydrogen-bond donors (Lipinski definition) is 0. The molecule has 0 atom stereocenters. The van der Waals surface area contributed by atoms with Crippen molar-refractivity contribution in [3.8, 4) is 0 Å². The van der Waals surface area contributed by atoms with E-state index in [-0.39, 0.29) is 0 Å². The van der Waals surface area contributed by atoms with E-state index in [2.05, 4.69) is 18.2 Å². The summed E-state index contributed by atoms with van der Waals surface area (Å²) in [5.74, 6) is 0. The van der Waals surface area contributed by atoms with Gasteiger partial charge in [-0.3, -0.25) is 4.99 Å². The zero-order valence-corrected chi connectivity index (χ0v) is 11.7. The molecule has 92 valence electrons. The number of nitrogens with zero attached hydrogens (tertiary/aromatic N) is 1. The lowest BCUT2D eigenvalue weighted by Crippen LogP contribution is -1.97. The molecule has 0 amide bonds. The van der Waals surface area contributed by atoms with Crippen molar-refractivity contribution in [2.45, 2.75) is 34.6 Å². The zero-order valence-electron chi connectivity index (χ0n) is 11.7. The van der Waals surface area contributed by atoms with Crippen LogP contribution < -0.4 is 0 Å². The van der Waals surface area contributed by atoms with Crippen molar-refractivity contribution in [2.24, 2.45) is 4.99 Å².